The zero-order valence-corrected chi connectivity index (χ0v) is 29.3. The van der Waals surface area contributed by atoms with Gasteiger partial charge in [-0.05, 0) is 92.6 Å². The number of oxazole rings is 1. The van der Waals surface area contributed by atoms with Crippen molar-refractivity contribution >= 4 is 35.0 Å². The zero-order chi connectivity index (χ0) is 35.9. The van der Waals surface area contributed by atoms with Gasteiger partial charge < -0.3 is 34.5 Å². The van der Waals surface area contributed by atoms with E-state index in [0.717, 1.165) is 71.3 Å². The second-order valence-corrected chi connectivity index (χ2v) is 13.9. The highest BCUT2D eigenvalue weighted by molar-refractivity contribution is 5.98. The minimum absolute atomic E-state index is 0.00603. The molecular formula is C41H41N5O5. The third-order valence-electron chi connectivity index (χ3n) is 11.2. The molecular weight excluding hydrogens is 642 g/mol. The van der Waals surface area contributed by atoms with Crippen LogP contribution >= 0.6 is 0 Å². The fourth-order valence-corrected chi connectivity index (χ4v) is 8.27. The van der Waals surface area contributed by atoms with Gasteiger partial charge in [0, 0.05) is 58.3 Å². The summed E-state index contributed by atoms with van der Waals surface area (Å²) in [6.07, 6.45) is 7.35. The Kier molecular flexibility index (Phi) is 8.87. The molecule has 10 nitrogen and oxygen atoms in total. The number of hydrogen-bond donors (Lipinski definition) is 3. The summed E-state index contributed by atoms with van der Waals surface area (Å²) in [4.78, 5) is 19.0. The molecule has 7 rings (SSSR count). The SMILES string of the molecule is COc1cc(Nc2cccc(-c3cccc(-c4nc5cc(CO)cc(C#N)c5o4)c3C)c2C=N)cc(OC)c1CN(C)C12CCC(C=O)(CC1)C2. The molecule has 2 aliphatic rings. The van der Waals surface area contributed by atoms with E-state index >= 15 is 0 Å². The van der Waals surface area contributed by atoms with E-state index in [9.17, 15) is 15.2 Å². The molecule has 2 aliphatic carbocycles. The van der Waals surface area contributed by atoms with Crippen LogP contribution in [0.3, 0.4) is 0 Å². The van der Waals surface area contributed by atoms with Crippen LogP contribution in [0.1, 0.15) is 59.9 Å². The number of rotatable bonds is 12. The number of aliphatic hydroxyl groups is 1. The van der Waals surface area contributed by atoms with Crippen molar-refractivity contribution in [2.24, 2.45) is 5.41 Å². The Morgan fingerprint density at radius 3 is 2.35 bits per heavy atom. The maximum atomic E-state index is 11.9. The molecule has 2 saturated carbocycles. The van der Waals surface area contributed by atoms with Gasteiger partial charge in [0.15, 0.2) is 5.58 Å². The van der Waals surface area contributed by atoms with E-state index in [1.807, 2.05) is 55.5 Å². The van der Waals surface area contributed by atoms with Crippen LogP contribution < -0.4 is 14.8 Å². The Labute approximate surface area is 297 Å². The number of carbonyl (C=O) groups excluding carboxylic acids is 1. The summed E-state index contributed by atoms with van der Waals surface area (Å²) in [5.41, 5.74) is 8.15. The normalized spacial score (nSPS) is 19.3. The van der Waals surface area contributed by atoms with Crippen molar-refractivity contribution in [1.29, 1.82) is 10.7 Å². The van der Waals surface area contributed by atoms with Gasteiger partial charge in [-0.25, -0.2) is 4.98 Å². The first-order valence-corrected chi connectivity index (χ1v) is 17.1. The van der Waals surface area contributed by atoms with Crippen LogP contribution in [0.15, 0.2) is 65.1 Å². The van der Waals surface area contributed by atoms with Gasteiger partial charge in [0.05, 0.1) is 32.0 Å². The lowest BCUT2D eigenvalue weighted by atomic mass is 9.85. The summed E-state index contributed by atoms with van der Waals surface area (Å²) in [5.74, 6) is 1.76. The van der Waals surface area contributed by atoms with Crippen LogP contribution in [0.4, 0.5) is 11.4 Å². The molecule has 51 heavy (non-hydrogen) atoms. The topological polar surface area (TPSA) is 145 Å². The molecule has 10 heteroatoms. The predicted octanol–water partition coefficient (Wildman–Crippen LogP) is 7.93. The number of ether oxygens (including phenoxy) is 2. The van der Waals surface area contributed by atoms with Gasteiger partial charge in [-0.1, -0.05) is 24.3 Å². The van der Waals surface area contributed by atoms with E-state index in [-0.39, 0.29) is 17.6 Å². The Morgan fingerprint density at radius 2 is 1.73 bits per heavy atom. The molecule has 2 bridgehead atoms. The number of methoxy groups -OCH3 is 2. The van der Waals surface area contributed by atoms with Gasteiger partial charge in [-0.15, -0.1) is 0 Å². The fourth-order valence-electron chi connectivity index (χ4n) is 8.27. The van der Waals surface area contributed by atoms with Crippen molar-refractivity contribution in [3.05, 3.63) is 88.5 Å². The Bertz CT molecular complexity index is 2180. The first-order chi connectivity index (χ1) is 24.7. The van der Waals surface area contributed by atoms with Crippen LogP contribution in [-0.2, 0) is 17.9 Å². The summed E-state index contributed by atoms with van der Waals surface area (Å²) in [6.45, 7) is 2.40. The van der Waals surface area contributed by atoms with Crippen molar-refractivity contribution < 1.29 is 23.8 Å². The fraction of sp³-hybridized carbons (Fsp3) is 0.317. The molecule has 0 spiro atoms. The molecule has 5 aromatic rings. The van der Waals surface area contributed by atoms with Gasteiger partial charge in [0.2, 0.25) is 5.89 Å². The Balaban J connectivity index is 1.21. The first kappa shape index (κ1) is 34.0. The van der Waals surface area contributed by atoms with Gasteiger partial charge >= 0.3 is 0 Å². The third-order valence-corrected chi connectivity index (χ3v) is 11.2. The van der Waals surface area contributed by atoms with Crippen LogP contribution in [0.5, 0.6) is 11.5 Å². The lowest BCUT2D eigenvalue weighted by Gasteiger charge is -2.37. The Hall–Kier alpha value is -5.50. The Morgan fingerprint density at radius 1 is 1.04 bits per heavy atom. The molecule has 2 fully saturated rings. The standard InChI is InChI=1S/C41H41N5O5/c1-25-29(7-5-8-30(25)39-45-35-16-26(22-47)15-27(19-42)38(35)51-39)31-9-6-10-34(32(31)20-43)44-28-17-36(49-3)33(37(18-28)50-4)21-46(2)41-13-11-40(23-41,24-48)12-14-41/h5-10,15-18,20,24,43-44,47H,11-14,21-23H2,1-4H3. The summed E-state index contributed by atoms with van der Waals surface area (Å²) >= 11 is 0. The average molecular weight is 684 g/mol. The molecule has 260 valence electrons. The summed E-state index contributed by atoms with van der Waals surface area (Å²) < 4.78 is 18.0. The molecule has 0 aliphatic heterocycles. The number of anilines is 2. The van der Waals surface area contributed by atoms with Crippen molar-refractivity contribution in [1.82, 2.24) is 9.88 Å². The van der Waals surface area contributed by atoms with Gasteiger partial charge in [0.1, 0.15) is 29.4 Å². The summed E-state index contributed by atoms with van der Waals surface area (Å²) in [5, 5.41) is 31.3. The van der Waals surface area contributed by atoms with Crippen molar-refractivity contribution in [3.63, 3.8) is 0 Å². The molecule has 0 radical (unpaired) electrons. The van der Waals surface area contributed by atoms with Crippen molar-refractivity contribution in [3.8, 4) is 40.1 Å². The first-order valence-electron chi connectivity index (χ1n) is 17.1. The van der Waals surface area contributed by atoms with Gasteiger partial charge in [-0.3, -0.25) is 4.90 Å². The maximum Gasteiger partial charge on any atom is 0.227 e. The molecule has 0 saturated heterocycles. The second kappa shape index (κ2) is 13.3. The van der Waals surface area contributed by atoms with Crippen molar-refractivity contribution in [2.45, 2.75) is 57.7 Å². The van der Waals surface area contributed by atoms with Crippen LogP contribution in [0.2, 0.25) is 0 Å². The highest BCUT2D eigenvalue weighted by atomic mass is 16.5. The summed E-state index contributed by atoms with van der Waals surface area (Å²) in [6, 6.07) is 21.1. The maximum absolute atomic E-state index is 11.9. The highest BCUT2D eigenvalue weighted by Gasteiger charge is 2.56. The second-order valence-electron chi connectivity index (χ2n) is 13.9. The number of aliphatic hydroxyl groups excluding tert-OH is 1. The number of nitriles is 1. The van der Waals surface area contributed by atoms with Crippen LogP contribution in [-0.4, -0.2) is 54.3 Å². The van der Waals surface area contributed by atoms with E-state index in [4.69, 9.17) is 19.3 Å². The number of aromatic nitrogens is 1. The van der Waals surface area contributed by atoms with Crippen LogP contribution in [0, 0.1) is 29.1 Å². The van der Waals surface area contributed by atoms with Crippen LogP contribution in [0.25, 0.3) is 33.7 Å². The number of carbonyl (C=O) groups is 1. The predicted molar refractivity (Wildman–Crippen MR) is 197 cm³/mol. The largest absolute Gasteiger partial charge is 0.496 e. The van der Waals surface area contributed by atoms with E-state index in [1.165, 1.54) is 12.5 Å². The van der Waals surface area contributed by atoms with Gasteiger partial charge in [0.25, 0.3) is 0 Å². The monoisotopic (exact) mass is 683 g/mol. The molecule has 4 aromatic carbocycles. The number of nitrogens with one attached hydrogen (secondary N) is 2. The summed E-state index contributed by atoms with van der Waals surface area (Å²) in [7, 11) is 5.45. The highest BCUT2D eigenvalue weighted by Crippen LogP contribution is 2.58. The molecule has 0 amide bonds. The number of aldehydes is 1. The smallest absolute Gasteiger partial charge is 0.227 e. The third kappa shape index (κ3) is 5.82. The molecule has 0 unspecified atom stereocenters. The van der Waals surface area contributed by atoms with Gasteiger partial charge in [-0.2, -0.15) is 5.26 Å². The molecule has 1 aromatic heterocycles. The minimum atomic E-state index is -0.205. The zero-order valence-electron chi connectivity index (χ0n) is 29.3. The van der Waals surface area contributed by atoms with E-state index < -0.39 is 0 Å². The van der Waals surface area contributed by atoms with E-state index in [1.54, 1.807) is 26.4 Å². The van der Waals surface area contributed by atoms with Crippen molar-refractivity contribution in [2.75, 3.05) is 26.6 Å². The minimum Gasteiger partial charge on any atom is -0.496 e. The number of hydrogen-bond acceptors (Lipinski definition) is 10. The average Bonchev–Trinajstić information content (AvgIpc) is 3.88. The van der Waals surface area contributed by atoms with E-state index in [0.29, 0.717) is 51.7 Å². The lowest BCUT2D eigenvalue weighted by molar-refractivity contribution is -0.115. The number of nitrogens with zero attached hydrogens (tertiary/aromatic N) is 3. The molecule has 3 N–H and O–H groups in total. The number of fused-ring (bicyclic) bond motifs is 3. The molecule has 0 atom stereocenters. The lowest BCUT2D eigenvalue weighted by Crippen LogP contribution is -2.42. The van der Waals surface area contributed by atoms with E-state index in [2.05, 4.69) is 28.3 Å². The number of benzene rings is 4. The molecule has 1 heterocycles. The quantitative estimate of drug-likeness (QED) is 0.0882.